The number of carbonyl (C=O) groups excluding carboxylic acids is 2. The quantitative estimate of drug-likeness (QED) is 0.624. The Labute approximate surface area is 118 Å². The van der Waals surface area contributed by atoms with Crippen LogP contribution in [-0.4, -0.2) is 24.6 Å². The fourth-order valence-electron chi connectivity index (χ4n) is 1.60. The van der Waals surface area contributed by atoms with Gasteiger partial charge in [0.1, 0.15) is 5.60 Å². The van der Waals surface area contributed by atoms with E-state index in [1.165, 1.54) is 19.2 Å². The third-order valence-corrected chi connectivity index (χ3v) is 2.45. The van der Waals surface area contributed by atoms with E-state index in [-0.39, 0.29) is 0 Å². The van der Waals surface area contributed by atoms with Crippen molar-refractivity contribution >= 4 is 11.9 Å². The fraction of sp³-hybridized carbons (Fsp3) is 0.400. The Balaban J connectivity index is 3.09. The number of rotatable bonds is 3. The van der Waals surface area contributed by atoms with Gasteiger partial charge in [0.25, 0.3) is 0 Å². The van der Waals surface area contributed by atoms with Crippen molar-refractivity contribution in [2.75, 3.05) is 7.11 Å². The van der Waals surface area contributed by atoms with Crippen LogP contribution in [0.5, 0.6) is 0 Å². The lowest BCUT2D eigenvalue weighted by Gasteiger charge is -2.23. The Bertz CT molecular complexity index is 534. The van der Waals surface area contributed by atoms with E-state index in [4.69, 9.17) is 10.00 Å². The van der Waals surface area contributed by atoms with Gasteiger partial charge in [-0.15, -0.1) is 0 Å². The van der Waals surface area contributed by atoms with E-state index in [1.807, 2.05) is 6.07 Å². The van der Waals surface area contributed by atoms with Crippen LogP contribution in [0.2, 0.25) is 0 Å². The molecule has 0 bridgehead atoms. The van der Waals surface area contributed by atoms with Gasteiger partial charge in [0.2, 0.25) is 0 Å². The lowest BCUT2D eigenvalue weighted by atomic mass is 9.98. The maximum atomic E-state index is 12.1. The number of hydrogen-bond acceptors (Lipinski definition) is 5. The molecule has 0 aliphatic carbocycles. The molecule has 0 radical (unpaired) electrons. The Morgan fingerprint density at radius 1 is 1.15 bits per heavy atom. The molecule has 0 heterocycles. The van der Waals surface area contributed by atoms with E-state index < -0.39 is 23.5 Å². The molecule has 1 rings (SSSR count). The van der Waals surface area contributed by atoms with Crippen molar-refractivity contribution in [3.63, 3.8) is 0 Å². The molecule has 0 fully saturated rings. The summed E-state index contributed by atoms with van der Waals surface area (Å²) in [6.07, 6.45) is 0. The van der Waals surface area contributed by atoms with Gasteiger partial charge in [0, 0.05) is 0 Å². The van der Waals surface area contributed by atoms with Crippen molar-refractivity contribution in [3.8, 4) is 6.07 Å². The maximum Gasteiger partial charge on any atom is 0.325 e. The summed E-state index contributed by atoms with van der Waals surface area (Å²) in [6, 6.07) is 8.14. The summed E-state index contributed by atoms with van der Waals surface area (Å²) in [5.74, 6) is -2.51. The molecule has 5 heteroatoms. The molecule has 5 nitrogen and oxygen atoms in total. The minimum Gasteiger partial charge on any atom is -0.468 e. The SMILES string of the molecule is COC(=O)C(C(=O)OC(C)(C)C)c1ccc(C#N)cc1. The molecule has 0 amide bonds. The molecule has 20 heavy (non-hydrogen) atoms. The van der Waals surface area contributed by atoms with Crippen LogP contribution in [0.3, 0.4) is 0 Å². The van der Waals surface area contributed by atoms with Gasteiger partial charge in [-0.3, -0.25) is 9.59 Å². The van der Waals surface area contributed by atoms with Crippen molar-refractivity contribution < 1.29 is 19.1 Å². The number of benzene rings is 1. The molecule has 0 N–H and O–H groups in total. The second-order valence-corrected chi connectivity index (χ2v) is 5.22. The van der Waals surface area contributed by atoms with Gasteiger partial charge in [-0.1, -0.05) is 12.1 Å². The number of nitriles is 1. The van der Waals surface area contributed by atoms with Crippen molar-refractivity contribution in [2.24, 2.45) is 0 Å². The lowest BCUT2D eigenvalue weighted by molar-refractivity contribution is -0.163. The molecule has 0 spiro atoms. The topological polar surface area (TPSA) is 76.4 Å². The zero-order chi connectivity index (χ0) is 15.3. The number of hydrogen-bond donors (Lipinski definition) is 0. The highest BCUT2D eigenvalue weighted by atomic mass is 16.6. The Kier molecular flexibility index (Phi) is 4.87. The van der Waals surface area contributed by atoms with E-state index in [0.717, 1.165) is 0 Å². The van der Waals surface area contributed by atoms with Crippen molar-refractivity contribution in [2.45, 2.75) is 32.3 Å². The molecule has 0 aliphatic heterocycles. The van der Waals surface area contributed by atoms with Crippen LogP contribution in [0, 0.1) is 11.3 Å². The predicted octanol–water partition coefficient (Wildman–Crippen LogP) is 2.16. The standard InChI is InChI=1S/C15H17NO4/c1-15(2,3)20-14(18)12(13(17)19-4)11-7-5-10(9-16)6-8-11/h5-8,12H,1-4H3. The molecular formula is C15H17NO4. The highest BCUT2D eigenvalue weighted by Crippen LogP contribution is 2.22. The summed E-state index contributed by atoms with van der Waals surface area (Å²) in [6.45, 7) is 5.16. The molecule has 0 saturated carbocycles. The summed E-state index contributed by atoms with van der Waals surface area (Å²) in [4.78, 5) is 23.9. The summed E-state index contributed by atoms with van der Waals surface area (Å²) >= 11 is 0. The highest BCUT2D eigenvalue weighted by Gasteiger charge is 2.33. The lowest BCUT2D eigenvalue weighted by Crippen LogP contribution is -2.32. The number of nitrogens with zero attached hydrogens (tertiary/aromatic N) is 1. The molecule has 0 aliphatic rings. The average molecular weight is 275 g/mol. The van der Waals surface area contributed by atoms with Crippen LogP contribution in [0.15, 0.2) is 24.3 Å². The van der Waals surface area contributed by atoms with Crippen LogP contribution >= 0.6 is 0 Å². The Hall–Kier alpha value is -2.35. The van der Waals surface area contributed by atoms with Crippen molar-refractivity contribution in [3.05, 3.63) is 35.4 Å². The second-order valence-electron chi connectivity index (χ2n) is 5.22. The first-order valence-corrected chi connectivity index (χ1v) is 6.09. The minimum atomic E-state index is -1.15. The van der Waals surface area contributed by atoms with Gasteiger partial charge in [0.15, 0.2) is 5.92 Å². The van der Waals surface area contributed by atoms with E-state index in [1.54, 1.807) is 32.9 Å². The predicted molar refractivity (Wildman–Crippen MR) is 71.8 cm³/mol. The monoisotopic (exact) mass is 275 g/mol. The molecule has 1 aromatic carbocycles. The molecule has 1 aromatic rings. The van der Waals surface area contributed by atoms with Gasteiger partial charge in [0.05, 0.1) is 18.7 Å². The van der Waals surface area contributed by atoms with Gasteiger partial charge in [-0.05, 0) is 38.5 Å². The van der Waals surface area contributed by atoms with Crippen molar-refractivity contribution in [1.29, 1.82) is 5.26 Å². The molecule has 0 saturated heterocycles. The van der Waals surface area contributed by atoms with E-state index in [9.17, 15) is 9.59 Å². The fourth-order valence-corrected chi connectivity index (χ4v) is 1.60. The zero-order valence-electron chi connectivity index (χ0n) is 12.0. The minimum absolute atomic E-state index is 0.435. The molecule has 1 unspecified atom stereocenters. The number of methoxy groups -OCH3 is 1. The summed E-state index contributed by atoms with van der Waals surface area (Å²) in [5.41, 5.74) is 0.183. The summed E-state index contributed by atoms with van der Waals surface area (Å²) in [7, 11) is 1.21. The van der Waals surface area contributed by atoms with Gasteiger partial charge in [-0.25, -0.2) is 0 Å². The van der Waals surface area contributed by atoms with Crippen molar-refractivity contribution in [1.82, 2.24) is 0 Å². The largest absolute Gasteiger partial charge is 0.468 e. The number of carbonyl (C=O) groups is 2. The number of ether oxygens (including phenoxy) is 2. The van der Waals surface area contributed by atoms with Gasteiger partial charge < -0.3 is 9.47 Å². The first-order chi connectivity index (χ1) is 9.28. The molecule has 106 valence electrons. The van der Waals surface area contributed by atoms with E-state index in [2.05, 4.69) is 4.74 Å². The first kappa shape index (κ1) is 15.7. The van der Waals surface area contributed by atoms with Crippen LogP contribution in [0.25, 0.3) is 0 Å². The van der Waals surface area contributed by atoms with E-state index in [0.29, 0.717) is 11.1 Å². The van der Waals surface area contributed by atoms with Crippen LogP contribution < -0.4 is 0 Å². The molecular weight excluding hydrogens is 258 g/mol. The highest BCUT2D eigenvalue weighted by molar-refractivity contribution is 6.00. The number of esters is 2. The third kappa shape index (κ3) is 4.09. The molecule has 0 aromatic heterocycles. The van der Waals surface area contributed by atoms with Crippen LogP contribution in [0.4, 0.5) is 0 Å². The molecule has 1 atom stereocenters. The smallest absolute Gasteiger partial charge is 0.325 e. The third-order valence-electron chi connectivity index (χ3n) is 2.45. The van der Waals surface area contributed by atoms with Gasteiger partial charge in [-0.2, -0.15) is 5.26 Å². The first-order valence-electron chi connectivity index (χ1n) is 6.09. The average Bonchev–Trinajstić information content (AvgIpc) is 2.37. The maximum absolute atomic E-state index is 12.1. The van der Waals surface area contributed by atoms with Gasteiger partial charge >= 0.3 is 11.9 Å². The summed E-state index contributed by atoms with van der Waals surface area (Å²) in [5, 5.41) is 8.75. The summed E-state index contributed by atoms with van der Waals surface area (Å²) < 4.78 is 9.88. The Morgan fingerprint density at radius 3 is 2.10 bits per heavy atom. The normalized spacial score (nSPS) is 12.2. The zero-order valence-corrected chi connectivity index (χ0v) is 12.0. The van der Waals surface area contributed by atoms with Crippen LogP contribution in [-0.2, 0) is 19.1 Å². The van der Waals surface area contributed by atoms with E-state index >= 15 is 0 Å². The second kappa shape index (κ2) is 6.20. The Morgan fingerprint density at radius 2 is 1.70 bits per heavy atom. The van der Waals surface area contributed by atoms with Crippen LogP contribution in [0.1, 0.15) is 37.8 Å².